The molecular formula is C16H16F2N2O4S. The van der Waals surface area contributed by atoms with Crippen molar-refractivity contribution in [3.63, 3.8) is 0 Å². The minimum absolute atomic E-state index is 0.00380. The number of pyridine rings is 1. The molecule has 0 unspecified atom stereocenters. The van der Waals surface area contributed by atoms with Gasteiger partial charge in [0, 0.05) is 12.7 Å². The van der Waals surface area contributed by atoms with Crippen LogP contribution < -0.4 is 0 Å². The Balaban J connectivity index is 2.03. The van der Waals surface area contributed by atoms with E-state index in [1.54, 1.807) is 0 Å². The number of carbonyl (C=O) groups excluding carboxylic acids is 1. The molecule has 0 saturated carbocycles. The van der Waals surface area contributed by atoms with Gasteiger partial charge in [0.05, 0.1) is 24.9 Å². The third kappa shape index (κ3) is 5.30. The van der Waals surface area contributed by atoms with E-state index < -0.39 is 28.5 Å². The fourth-order valence-electron chi connectivity index (χ4n) is 2.12. The largest absolute Gasteiger partial charge is 0.465 e. The average Bonchev–Trinajstić information content (AvgIpc) is 2.61. The standard InChI is InChI=1S/C16H16F2N2O4S/c1-24-16(21)12-3-4-13(19-9-12)10-20(25(22)23)7-6-11-2-5-14(17)15(18)8-11/h2-5,8-9,25H,6-7,10H2,1H3. The maximum absolute atomic E-state index is 13.2. The third-order valence-electron chi connectivity index (χ3n) is 3.46. The first-order valence-electron chi connectivity index (χ1n) is 7.27. The summed E-state index contributed by atoms with van der Waals surface area (Å²) in [6.45, 7) is 0.0913. The molecule has 0 aliphatic rings. The lowest BCUT2D eigenvalue weighted by molar-refractivity contribution is 0.0600. The number of benzene rings is 1. The van der Waals surface area contributed by atoms with Gasteiger partial charge in [-0.25, -0.2) is 22.0 Å². The summed E-state index contributed by atoms with van der Waals surface area (Å²) < 4.78 is 54.6. The van der Waals surface area contributed by atoms with Gasteiger partial charge in [0.1, 0.15) is 0 Å². The topological polar surface area (TPSA) is 76.6 Å². The van der Waals surface area contributed by atoms with Crippen molar-refractivity contribution < 1.29 is 26.7 Å². The van der Waals surface area contributed by atoms with Crippen molar-refractivity contribution in [2.45, 2.75) is 13.0 Å². The summed E-state index contributed by atoms with van der Waals surface area (Å²) in [7, 11) is -1.64. The van der Waals surface area contributed by atoms with Crippen LogP contribution in [0.3, 0.4) is 0 Å². The minimum Gasteiger partial charge on any atom is -0.465 e. The normalized spacial score (nSPS) is 11.1. The van der Waals surface area contributed by atoms with Crippen LogP contribution in [-0.2, 0) is 28.6 Å². The lowest BCUT2D eigenvalue weighted by Gasteiger charge is -2.15. The van der Waals surface area contributed by atoms with E-state index in [9.17, 15) is 22.0 Å². The van der Waals surface area contributed by atoms with Gasteiger partial charge in [0.25, 0.3) is 0 Å². The van der Waals surface area contributed by atoms with Crippen LogP contribution in [0, 0.1) is 11.6 Å². The summed E-state index contributed by atoms with van der Waals surface area (Å²) in [4.78, 5) is 15.4. The van der Waals surface area contributed by atoms with Gasteiger partial charge >= 0.3 is 5.97 Å². The van der Waals surface area contributed by atoms with E-state index in [2.05, 4.69) is 9.72 Å². The first kappa shape index (κ1) is 18.9. The van der Waals surface area contributed by atoms with Gasteiger partial charge in [-0.2, -0.15) is 4.31 Å². The van der Waals surface area contributed by atoms with Crippen molar-refractivity contribution in [2.24, 2.45) is 0 Å². The van der Waals surface area contributed by atoms with Crippen LogP contribution in [-0.4, -0.2) is 37.3 Å². The van der Waals surface area contributed by atoms with Crippen molar-refractivity contribution in [3.05, 3.63) is 65.0 Å². The number of ether oxygens (including phenoxy) is 1. The summed E-state index contributed by atoms with van der Waals surface area (Å²) in [6.07, 6.45) is 1.52. The highest BCUT2D eigenvalue weighted by atomic mass is 32.2. The Morgan fingerprint density at radius 3 is 2.52 bits per heavy atom. The summed E-state index contributed by atoms with van der Waals surface area (Å²) in [5.74, 6) is -2.47. The zero-order valence-corrected chi connectivity index (χ0v) is 14.2. The van der Waals surface area contributed by atoms with Crippen LogP contribution in [0.4, 0.5) is 8.78 Å². The highest BCUT2D eigenvalue weighted by molar-refractivity contribution is 7.69. The van der Waals surface area contributed by atoms with E-state index in [0.717, 1.165) is 16.4 Å². The van der Waals surface area contributed by atoms with Crippen molar-refractivity contribution in [1.29, 1.82) is 0 Å². The molecule has 0 N–H and O–H groups in total. The van der Waals surface area contributed by atoms with Crippen LogP contribution in [0.25, 0.3) is 0 Å². The number of esters is 1. The molecule has 0 saturated heterocycles. The molecule has 1 aromatic carbocycles. The summed E-state index contributed by atoms with van der Waals surface area (Å²) in [5.41, 5.74) is 1.18. The molecule has 6 nitrogen and oxygen atoms in total. The van der Waals surface area contributed by atoms with Gasteiger partial charge < -0.3 is 4.74 Å². The first-order valence-corrected chi connectivity index (χ1v) is 8.40. The Hall–Kier alpha value is -2.39. The molecule has 25 heavy (non-hydrogen) atoms. The van der Waals surface area contributed by atoms with Crippen LogP contribution in [0.15, 0.2) is 36.5 Å². The first-order chi connectivity index (χ1) is 11.9. The number of aromatic nitrogens is 1. The van der Waals surface area contributed by atoms with E-state index in [1.165, 1.54) is 31.5 Å². The van der Waals surface area contributed by atoms with Crippen molar-refractivity contribution in [3.8, 4) is 0 Å². The quantitative estimate of drug-likeness (QED) is 0.593. The van der Waals surface area contributed by atoms with Gasteiger partial charge in [-0.15, -0.1) is 0 Å². The second kappa shape index (κ2) is 8.63. The van der Waals surface area contributed by atoms with Crippen molar-refractivity contribution in [2.75, 3.05) is 13.7 Å². The Labute approximate surface area is 145 Å². The van der Waals surface area contributed by atoms with E-state index in [0.29, 0.717) is 11.3 Å². The Bertz CT molecular complexity index is 817. The van der Waals surface area contributed by atoms with E-state index in [1.807, 2.05) is 0 Å². The summed E-state index contributed by atoms with van der Waals surface area (Å²) in [6, 6.07) is 6.45. The predicted molar refractivity (Wildman–Crippen MR) is 86.4 cm³/mol. The number of hydrogen-bond acceptors (Lipinski definition) is 5. The molecule has 0 bridgehead atoms. The Morgan fingerprint density at radius 2 is 1.96 bits per heavy atom. The Morgan fingerprint density at radius 1 is 1.20 bits per heavy atom. The molecule has 1 heterocycles. The lowest BCUT2D eigenvalue weighted by atomic mass is 10.1. The van der Waals surface area contributed by atoms with Crippen LogP contribution in [0.1, 0.15) is 21.6 Å². The molecule has 0 amide bonds. The van der Waals surface area contributed by atoms with Gasteiger partial charge in [0.2, 0.25) is 10.9 Å². The molecule has 2 rings (SSSR count). The zero-order valence-electron chi connectivity index (χ0n) is 13.3. The molecular weight excluding hydrogens is 354 g/mol. The molecule has 0 atom stereocenters. The highest BCUT2D eigenvalue weighted by Crippen LogP contribution is 2.11. The van der Waals surface area contributed by atoms with Gasteiger partial charge in [-0.3, -0.25) is 4.98 Å². The Kier molecular flexibility index (Phi) is 6.54. The monoisotopic (exact) mass is 370 g/mol. The molecule has 9 heteroatoms. The molecule has 0 spiro atoms. The molecule has 1 aromatic heterocycles. The number of rotatable bonds is 7. The maximum atomic E-state index is 13.2. The lowest BCUT2D eigenvalue weighted by Crippen LogP contribution is -2.24. The number of carbonyl (C=O) groups is 1. The van der Waals surface area contributed by atoms with Gasteiger partial charge in [-0.05, 0) is 36.2 Å². The zero-order chi connectivity index (χ0) is 18.4. The van der Waals surface area contributed by atoms with E-state index >= 15 is 0 Å². The van der Waals surface area contributed by atoms with Crippen molar-refractivity contribution in [1.82, 2.24) is 9.29 Å². The van der Waals surface area contributed by atoms with E-state index in [-0.39, 0.29) is 25.1 Å². The van der Waals surface area contributed by atoms with Gasteiger partial charge in [0.15, 0.2) is 11.6 Å². The smallest absolute Gasteiger partial charge is 0.339 e. The number of hydrogen-bond donors (Lipinski definition) is 1. The predicted octanol–water partition coefficient (Wildman–Crippen LogP) is 1.72. The highest BCUT2D eigenvalue weighted by Gasteiger charge is 2.12. The minimum atomic E-state index is -2.89. The van der Waals surface area contributed by atoms with E-state index in [4.69, 9.17) is 0 Å². The molecule has 0 fully saturated rings. The number of nitrogens with zero attached hydrogens (tertiary/aromatic N) is 2. The third-order valence-corrected chi connectivity index (χ3v) is 4.27. The number of methoxy groups -OCH3 is 1. The number of halogens is 2. The summed E-state index contributed by atoms with van der Waals surface area (Å²) >= 11 is 0. The molecule has 0 aliphatic heterocycles. The summed E-state index contributed by atoms with van der Waals surface area (Å²) in [5, 5.41) is 0. The van der Waals surface area contributed by atoms with Crippen LogP contribution >= 0.6 is 0 Å². The molecule has 134 valence electrons. The second-order valence-electron chi connectivity index (χ2n) is 5.15. The maximum Gasteiger partial charge on any atom is 0.339 e. The molecule has 2 aromatic rings. The van der Waals surface area contributed by atoms with Crippen molar-refractivity contribution >= 4 is 16.9 Å². The SMILES string of the molecule is COC(=O)c1ccc(CN(CCc2ccc(F)c(F)c2)[SH](=O)=O)nc1. The molecule has 0 aliphatic carbocycles. The molecule has 0 radical (unpaired) electrons. The number of thiol groups is 1. The second-order valence-corrected chi connectivity index (χ2v) is 6.20. The van der Waals surface area contributed by atoms with Crippen LogP contribution in [0.2, 0.25) is 0 Å². The fraction of sp³-hybridized carbons (Fsp3) is 0.250. The van der Waals surface area contributed by atoms with Gasteiger partial charge in [-0.1, -0.05) is 6.07 Å². The van der Waals surface area contributed by atoms with Crippen LogP contribution in [0.5, 0.6) is 0 Å². The average molecular weight is 370 g/mol. The fourth-order valence-corrected chi connectivity index (χ4v) is 2.64.